The second kappa shape index (κ2) is 11.1. The summed E-state index contributed by atoms with van der Waals surface area (Å²) in [6, 6.07) is 0.712. The molecule has 0 saturated heterocycles. The van der Waals surface area contributed by atoms with Crippen LogP contribution < -0.4 is 10.6 Å². The van der Waals surface area contributed by atoms with Crippen LogP contribution in [0.1, 0.15) is 48.6 Å². The molecule has 0 aliphatic heterocycles. The Morgan fingerprint density at radius 3 is 1.66 bits per heavy atom. The number of alkyl halides is 12. The van der Waals surface area contributed by atoms with Crippen molar-refractivity contribution in [1.82, 2.24) is 5.32 Å². The van der Waals surface area contributed by atoms with Crippen molar-refractivity contribution >= 4 is 11.8 Å². The number of hydrogen-bond donors (Lipinski definition) is 3. The van der Waals surface area contributed by atoms with Crippen molar-refractivity contribution in [2.24, 2.45) is 0 Å². The minimum Gasteiger partial charge on any atom is -0.444 e. The van der Waals surface area contributed by atoms with Crippen molar-refractivity contribution < 1.29 is 67.3 Å². The Morgan fingerprint density at radius 1 is 0.756 bits per heavy atom. The minimum absolute atomic E-state index is 0.288. The van der Waals surface area contributed by atoms with Crippen LogP contribution in [0.4, 0.5) is 63.2 Å². The fourth-order valence-corrected chi connectivity index (χ4v) is 3.38. The van der Waals surface area contributed by atoms with E-state index in [1.165, 1.54) is 20.8 Å². The molecule has 41 heavy (non-hydrogen) atoms. The number of benzene rings is 2. The number of rotatable bonds is 6. The molecule has 0 aliphatic carbocycles. The molecule has 0 bridgehead atoms. The molecule has 0 saturated carbocycles. The molecule has 0 radical (unpaired) electrons. The SMILES string of the molecule is CC(C)(C)OC(=O)NCc1ccc(NC[C@](O)(c2cc(C(F)(F)F)cc(C(F)(F)F)c2)C(F)(F)F)cc1C(F)(F)F. The van der Waals surface area contributed by atoms with Gasteiger partial charge in [0.2, 0.25) is 5.60 Å². The molecule has 230 valence electrons. The van der Waals surface area contributed by atoms with E-state index in [0.717, 1.165) is 12.1 Å². The predicted molar refractivity (Wildman–Crippen MR) is 119 cm³/mol. The smallest absolute Gasteiger partial charge is 0.423 e. The fraction of sp³-hybridized carbons (Fsp3) is 0.458. The van der Waals surface area contributed by atoms with E-state index in [9.17, 15) is 62.6 Å². The maximum Gasteiger partial charge on any atom is 0.423 e. The number of carbonyl (C=O) groups excluding carboxylic acids is 1. The summed E-state index contributed by atoms with van der Waals surface area (Å²) in [5, 5.41) is 14.2. The zero-order valence-electron chi connectivity index (χ0n) is 21.2. The number of aliphatic hydroxyl groups is 1. The van der Waals surface area contributed by atoms with E-state index in [4.69, 9.17) is 4.74 Å². The van der Waals surface area contributed by atoms with Gasteiger partial charge in [-0.3, -0.25) is 0 Å². The van der Waals surface area contributed by atoms with Crippen LogP contribution in [-0.2, 0) is 35.4 Å². The molecule has 0 aliphatic rings. The molecular weight excluding hydrogens is 592 g/mol. The monoisotopic (exact) mass is 614 g/mol. The quantitative estimate of drug-likeness (QED) is 0.293. The van der Waals surface area contributed by atoms with E-state index >= 15 is 0 Å². The van der Waals surface area contributed by atoms with E-state index in [2.05, 4.69) is 5.32 Å². The summed E-state index contributed by atoms with van der Waals surface area (Å²) in [5.74, 6) is 0. The normalized spacial score (nSPS) is 14.8. The summed E-state index contributed by atoms with van der Waals surface area (Å²) >= 11 is 0. The lowest BCUT2D eigenvalue weighted by atomic mass is 9.89. The number of amides is 1. The standard InChI is InChI=1S/C24H22F12N2O3/c1-19(2,3)41-18(39)37-10-12-4-5-16(9-17(12)23(31,32)33)38-11-20(40,24(34,35)36)13-6-14(21(25,26)27)8-15(7-13)22(28,29)30/h4-9,38,40H,10-11H2,1-3H3,(H,37,39)/t20-/m0/s1. The first-order chi connectivity index (χ1) is 18.2. The van der Waals surface area contributed by atoms with E-state index < -0.39 is 94.7 Å². The van der Waals surface area contributed by atoms with Crippen molar-refractivity contribution in [1.29, 1.82) is 0 Å². The summed E-state index contributed by atoms with van der Waals surface area (Å²) in [6.07, 6.45) is -23.2. The molecule has 5 nitrogen and oxygen atoms in total. The van der Waals surface area contributed by atoms with Gasteiger partial charge in [-0.1, -0.05) is 6.07 Å². The summed E-state index contributed by atoms with van der Waals surface area (Å²) < 4.78 is 167. The van der Waals surface area contributed by atoms with Crippen molar-refractivity contribution in [3.8, 4) is 0 Å². The Labute approximate surface area is 224 Å². The number of halogens is 12. The van der Waals surface area contributed by atoms with Crippen molar-refractivity contribution in [3.05, 3.63) is 64.2 Å². The second-order valence-corrected chi connectivity index (χ2v) is 9.73. The zero-order chi connectivity index (χ0) is 31.8. The van der Waals surface area contributed by atoms with Crippen LogP contribution in [0.3, 0.4) is 0 Å². The van der Waals surface area contributed by atoms with Gasteiger partial charge in [0, 0.05) is 12.2 Å². The number of nitrogens with one attached hydrogen (secondary N) is 2. The van der Waals surface area contributed by atoms with Crippen LogP contribution in [0, 0.1) is 0 Å². The van der Waals surface area contributed by atoms with Gasteiger partial charge in [0.1, 0.15) is 5.60 Å². The molecule has 1 atom stereocenters. The average molecular weight is 614 g/mol. The largest absolute Gasteiger partial charge is 0.444 e. The lowest BCUT2D eigenvalue weighted by Gasteiger charge is -2.32. The molecule has 2 aromatic rings. The number of ether oxygens (including phenoxy) is 1. The van der Waals surface area contributed by atoms with Gasteiger partial charge < -0.3 is 20.5 Å². The fourth-order valence-electron chi connectivity index (χ4n) is 3.38. The molecule has 17 heteroatoms. The Kier molecular flexibility index (Phi) is 9.19. The number of carbonyl (C=O) groups is 1. The van der Waals surface area contributed by atoms with E-state index in [-0.39, 0.29) is 18.2 Å². The van der Waals surface area contributed by atoms with Gasteiger partial charge in [-0.05, 0) is 62.2 Å². The predicted octanol–water partition coefficient (Wildman–Crippen LogP) is 7.63. The van der Waals surface area contributed by atoms with E-state index in [1.54, 1.807) is 5.32 Å². The Balaban J connectivity index is 2.48. The summed E-state index contributed by atoms with van der Waals surface area (Å²) in [5.41, 5.74) is -14.3. The molecule has 3 N–H and O–H groups in total. The van der Waals surface area contributed by atoms with Crippen molar-refractivity contribution in [2.45, 2.75) is 63.2 Å². The van der Waals surface area contributed by atoms with Gasteiger partial charge in [0.15, 0.2) is 0 Å². The number of anilines is 1. The lowest BCUT2D eigenvalue weighted by Crippen LogP contribution is -2.48. The Hall–Kier alpha value is -3.37. The third kappa shape index (κ3) is 8.81. The molecule has 2 rings (SSSR count). The van der Waals surface area contributed by atoms with Gasteiger partial charge in [0.25, 0.3) is 0 Å². The molecule has 2 aromatic carbocycles. The van der Waals surface area contributed by atoms with Gasteiger partial charge in [-0.25, -0.2) is 4.79 Å². The first-order valence-corrected chi connectivity index (χ1v) is 11.2. The first-order valence-electron chi connectivity index (χ1n) is 11.2. The van der Waals surface area contributed by atoms with Crippen LogP contribution in [-0.4, -0.2) is 29.5 Å². The van der Waals surface area contributed by atoms with E-state index in [1.807, 2.05) is 0 Å². The zero-order valence-corrected chi connectivity index (χ0v) is 21.2. The number of hydrogen-bond acceptors (Lipinski definition) is 4. The summed E-state index contributed by atoms with van der Waals surface area (Å²) in [6.45, 7) is 1.85. The lowest BCUT2D eigenvalue weighted by molar-refractivity contribution is -0.261. The molecule has 0 spiro atoms. The van der Waals surface area contributed by atoms with Crippen LogP contribution >= 0.6 is 0 Å². The van der Waals surface area contributed by atoms with E-state index in [0.29, 0.717) is 0 Å². The third-order valence-electron chi connectivity index (χ3n) is 5.32. The molecular formula is C24H22F12N2O3. The molecule has 0 aromatic heterocycles. The Morgan fingerprint density at radius 2 is 1.24 bits per heavy atom. The molecule has 0 unspecified atom stereocenters. The van der Waals surface area contributed by atoms with Crippen molar-refractivity contribution in [3.63, 3.8) is 0 Å². The van der Waals surface area contributed by atoms with Crippen LogP contribution in [0.25, 0.3) is 0 Å². The topological polar surface area (TPSA) is 70.6 Å². The van der Waals surface area contributed by atoms with Gasteiger partial charge >= 0.3 is 30.8 Å². The number of alkyl carbamates (subject to hydrolysis) is 1. The molecule has 1 amide bonds. The van der Waals surface area contributed by atoms with Crippen LogP contribution in [0.15, 0.2) is 36.4 Å². The van der Waals surface area contributed by atoms with Crippen LogP contribution in [0.2, 0.25) is 0 Å². The third-order valence-corrected chi connectivity index (χ3v) is 5.32. The minimum atomic E-state index is -5.89. The van der Waals surface area contributed by atoms with Gasteiger partial charge in [-0.2, -0.15) is 52.7 Å². The maximum absolute atomic E-state index is 13.9. The summed E-state index contributed by atoms with van der Waals surface area (Å²) in [7, 11) is 0. The highest BCUT2D eigenvalue weighted by Gasteiger charge is 2.56. The summed E-state index contributed by atoms with van der Waals surface area (Å²) in [4.78, 5) is 11.8. The second-order valence-electron chi connectivity index (χ2n) is 9.73. The van der Waals surface area contributed by atoms with Gasteiger partial charge in [-0.15, -0.1) is 0 Å². The Bertz CT molecular complexity index is 1210. The first kappa shape index (κ1) is 33.8. The maximum atomic E-state index is 13.9. The highest BCUT2D eigenvalue weighted by Crippen LogP contribution is 2.44. The van der Waals surface area contributed by atoms with Gasteiger partial charge in [0.05, 0.1) is 23.2 Å². The average Bonchev–Trinajstić information content (AvgIpc) is 2.77. The van der Waals surface area contributed by atoms with Crippen molar-refractivity contribution in [2.75, 3.05) is 11.9 Å². The molecule has 0 fully saturated rings. The molecule has 0 heterocycles. The highest BCUT2D eigenvalue weighted by atomic mass is 19.4. The highest BCUT2D eigenvalue weighted by molar-refractivity contribution is 5.68. The van der Waals surface area contributed by atoms with Crippen LogP contribution in [0.5, 0.6) is 0 Å².